The zero-order valence-electron chi connectivity index (χ0n) is 9.70. The van der Waals surface area contributed by atoms with Gasteiger partial charge in [0.15, 0.2) is 0 Å². The number of carbonyl (C=O) groups excluding carboxylic acids is 1. The van der Waals surface area contributed by atoms with Crippen molar-refractivity contribution in [3.05, 3.63) is 0 Å². The van der Waals surface area contributed by atoms with Crippen molar-refractivity contribution in [1.82, 2.24) is 10.2 Å². The summed E-state index contributed by atoms with van der Waals surface area (Å²) in [6.45, 7) is 6.02. The van der Waals surface area contributed by atoms with E-state index in [4.69, 9.17) is 5.11 Å². The summed E-state index contributed by atoms with van der Waals surface area (Å²) in [5.74, 6) is 0.178. The van der Waals surface area contributed by atoms with Gasteiger partial charge in [-0.15, -0.1) is 0 Å². The molecular weight excluding hydrogens is 192 g/mol. The number of likely N-dealkylation sites (tertiary alicyclic amines) is 1. The Morgan fingerprint density at radius 3 is 2.60 bits per heavy atom. The lowest BCUT2D eigenvalue weighted by atomic mass is 10.0. The standard InChI is InChI=1S/C11H22N2O2/c1-9(14)3-6-12-11-4-7-13(8-5-11)10(2)15/h9,11-12,14H,3-8H2,1-2H3. The number of amides is 1. The predicted molar refractivity (Wildman–Crippen MR) is 59.6 cm³/mol. The third-order valence-electron chi connectivity index (χ3n) is 2.94. The number of hydrogen-bond acceptors (Lipinski definition) is 3. The van der Waals surface area contributed by atoms with Crippen LogP contribution in [-0.2, 0) is 4.79 Å². The molecule has 1 aliphatic heterocycles. The van der Waals surface area contributed by atoms with Crippen molar-refractivity contribution >= 4 is 5.91 Å². The van der Waals surface area contributed by atoms with Gasteiger partial charge in [0.25, 0.3) is 0 Å². The number of nitrogens with one attached hydrogen (secondary N) is 1. The third kappa shape index (κ3) is 4.62. The van der Waals surface area contributed by atoms with E-state index in [1.54, 1.807) is 13.8 Å². The van der Waals surface area contributed by atoms with Crippen LogP contribution in [0.3, 0.4) is 0 Å². The molecule has 0 radical (unpaired) electrons. The molecular formula is C11H22N2O2. The molecule has 0 aromatic heterocycles. The first-order chi connectivity index (χ1) is 7.09. The van der Waals surface area contributed by atoms with Gasteiger partial charge in [0.05, 0.1) is 6.10 Å². The highest BCUT2D eigenvalue weighted by atomic mass is 16.3. The molecule has 1 fully saturated rings. The van der Waals surface area contributed by atoms with Gasteiger partial charge < -0.3 is 15.3 Å². The van der Waals surface area contributed by atoms with Gasteiger partial charge in [-0.3, -0.25) is 4.79 Å². The summed E-state index contributed by atoms with van der Waals surface area (Å²) in [5.41, 5.74) is 0. The van der Waals surface area contributed by atoms with Crippen molar-refractivity contribution in [2.45, 2.75) is 45.3 Å². The number of piperidine rings is 1. The molecule has 1 atom stereocenters. The Bertz CT molecular complexity index is 199. The molecule has 1 heterocycles. The molecule has 88 valence electrons. The van der Waals surface area contributed by atoms with E-state index in [-0.39, 0.29) is 12.0 Å². The minimum absolute atomic E-state index is 0.178. The van der Waals surface area contributed by atoms with Crippen LogP contribution in [0, 0.1) is 0 Å². The van der Waals surface area contributed by atoms with Crippen LogP contribution in [0.4, 0.5) is 0 Å². The number of rotatable bonds is 4. The van der Waals surface area contributed by atoms with E-state index in [9.17, 15) is 4.79 Å². The van der Waals surface area contributed by atoms with Crippen LogP contribution in [-0.4, -0.2) is 47.7 Å². The zero-order chi connectivity index (χ0) is 11.3. The van der Waals surface area contributed by atoms with Crippen molar-refractivity contribution in [2.75, 3.05) is 19.6 Å². The SMILES string of the molecule is CC(=O)N1CCC(NCCC(C)O)CC1. The Hall–Kier alpha value is -0.610. The largest absolute Gasteiger partial charge is 0.393 e. The van der Waals surface area contributed by atoms with Gasteiger partial charge in [0, 0.05) is 26.1 Å². The molecule has 1 amide bonds. The first-order valence-electron chi connectivity index (χ1n) is 5.76. The van der Waals surface area contributed by atoms with Crippen molar-refractivity contribution in [3.63, 3.8) is 0 Å². The molecule has 0 aliphatic carbocycles. The van der Waals surface area contributed by atoms with Gasteiger partial charge in [-0.25, -0.2) is 0 Å². The Balaban J connectivity index is 2.12. The third-order valence-corrected chi connectivity index (χ3v) is 2.94. The average molecular weight is 214 g/mol. The Morgan fingerprint density at radius 2 is 2.13 bits per heavy atom. The Morgan fingerprint density at radius 1 is 1.53 bits per heavy atom. The van der Waals surface area contributed by atoms with Crippen LogP contribution in [0.2, 0.25) is 0 Å². The molecule has 0 bridgehead atoms. The monoisotopic (exact) mass is 214 g/mol. The maximum absolute atomic E-state index is 11.1. The topological polar surface area (TPSA) is 52.6 Å². The second-order valence-corrected chi connectivity index (χ2v) is 4.37. The smallest absolute Gasteiger partial charge is 0.219 e. The van der Waals surface area contributed by atoms with Crippen LogP contribution in [0.1, 0.15) is 33.1 Å². The maximum Gasteiger partial charge on any atom is 0.219 e. The number of aliphatic hydroxyl groups is 1. The molecule has 1 rings (SSSR count). The van der Waals surface area contributed by atoms with Crippen molar-refractivity contribution in [3.8, 4) is 0 Å². The quantitative estimate of drug-likeness (QED) is 0.710. The molecule has 4 heteroatoms. The van der Waals surface area contributed by atoms with E-state index in [1.165, 1.54) is 0 Å². The fraction of sp³-hybridized carbons (Fsp3) is 0.909. The van der Waals surface area contributed by atoms with Crippen LogP contribution in [0.15, 0.2) is 0 Å². The lowest BCUT2D eigenvalue weighted by Gasteiger charge is -2.31. The van der Waals surface area contributed by atoms with Crippen LogP contribution >= 0.6 is 0 Å². The second-order valence-electron chi connectivity index (χ2n) is 4.37. The fourth-order valence-corrected chi connectivity index (χ4v) is 1.89. The first kappa shape index (κ1) is 12.5. The lowest BCUT2D eigenvalue weighted by molar-refractivity contribution is -0.129. The van der Waals surface area contributed by atoms with Gasteiger partial charge in [0.2, 0.25) is 5.91 Å². The summed E-state index contributed by atoms with van der Waals surface area (Å²) in [4.78, 5) is 13.0. The van der Waals surface area contributed by atoms with Gasteiger partial charge in [-0.1, -0.05) is 0 Å². The molecule has 0 aromatic rings. The Kier molecular flexibility index (Phi) is 5.05. The first-order valence-corrected chi connectivity index (χ1v) is 5.76. The van der Waals surface area contributed by atoms with E-state index in [1.807, 2.05) is 4.90 Å². The van der Waals surface area contributed by atoms with E-state index >= 15 is 0 Å². The molecule has 0 aromatic carbocycles. The molecule has 2 N–H and O–H groups in total. The van der Waals surface area contributed by atoms with E-state index in [0.717, 1.165) is 38.9 Å². The zero-order valence-corrected chi connectivity index (χ0v) is 9.70. The van der Waals surface area contributed by atoms with Crippen molar-refractivity contribution < 1.29 is 9.90 Å². The Labute approximate surface area is 91.6 Å². The second kappa shape index (κ2) is 6.08. The summed E-state index contributed by atoms with van der Waals surface area (Å²) < 4.78 is 0. The van der Waals surface area contributed by atoms with E-state index in [0.29, 0.717) is 6.04 Å². The number of carbonyl (C=O) groups is 1. The highest BCUT2D eigenvalue weighted by Gasteiger charge is 2.19. The number of aliphatic hydroxyl groups excluding tert-OH is 1. The lowest BCUT2D eigenvalue weighted by Crippen LogP contribution is -2.44. The van der Waals surface area contributed by atoms with Gasteiger partial charge in [-0.05, 0) is 32.7 Å². The summed E-state index contributed by atoms with van der Waals surface area (Å²) in [6, 6.07) is 0.513. The van der Waals surface area contributed by atoms with E-state index in [2.05, 4.69) is 5.32 Å². The fourth-order valence-electron chi connectivity index (χ4n) is 1.89. The van der Waals surface area contributed by atoms with Gasteiger partial charge >= 0.3 is 0 Å². The molecule has 1 saturated heterocycles. The average Bonchev–Trinajstić information content (AvgIpc) is 2.18. The summed E-state index contributed by atoms with van der Waals surface area (Å²) >= 11 is 0. The number of hydrogen-bond donors (Lipinski definition) is 2. The summed E-state index contributed by atoms with van der Waals surface area (Å²) in [5, 5.41) is 12.5. The minimum Gasteiger partial charge on any atom is -0.393 e. The van der Waals surface area contributed by atoms with Crippen LogP contribution in [0.25, 0.3) is 0 Å². The van der Waals surface area contributed by atoms with Gasteiger partial charge in [0.1, 0.15) is 0 Å². The highest BCUT2D eigenvalue weighted by Crippen LogP contribution is 2.10. The summed E-state index contributed by atoms with van der Waals surface area (Å²) in [7, 11) is 0. The summed E-state index contributed by atoms with van der Waals surface area (Å²) in [6.07, 6.45) is 2.63. The predicted octanol–water partition coefficient (Wildman–Crippen LogP) is 0.358. The van der Waals surface area contributed by atoms with Crippen LogP contribution < -0.4 is 5.32 Å². The molecule has 0 saturated carbocycles. The molecule has 0 spiro atoms. The normalized spacial score (nSPS) is 20.3. The number of nitrogens with zero attached hydrogens (tertiary/aromatic N) is 1. The minimum atomic E-state index is -0.227. The molecule has 1 unspecified atom stereocenters. The molecule has 15 heavy (non-hydrogen) atoms. The van der Waals surface area contributed by atoms with Crippen LogP contribution in [0.5, 0.6) is 0 Å². The van der Waals surface area contributed by atoms with Gasteiger partial charge in [-0.2, -0.15) is 0 Å². The van der Waals surface area contributed by atoms with E-state index < -0.39 is 0 Å². The van der Waals surface area contributed by atoms with Crippen molar-refractivity contribution in [1.29, 1.82) is 0 Å². The van der Waals surface area contributed by atoms with Crippen molar-refractivity contribution in [2.24, 2.45) is 0 Å². The highest BCUT2D eigenvalue weighted by molar-refractivity contribution is 5.73. The molecule has 4 nitrogen and oxygen atoms in total. The maximum atomic E-state index is 11.1. The molecule has 1 aliphatic rings.